The van der Waals surface area contributed by atoms with Gasteiger partial charge in [-0.25, -0.2) is 13.6 Å². The minimum Gasteiger partial charge on any atom is -0.352 e. The summed E-state index contributed by atoms with van der Waals surface area (Å²) >= 11 is 0. The van der Waals surface area contributed by atoms with E-state index < -0.39 is 10.0 Å². The highest BCUT2D eigenvalue weighted by Crippen LogP contribution is 2.22. The van der Waals surface area contributed by atoms with Gasteiger partial charge in [0, 0.05) is 41.8 Å². The summed E-state index contributed by atoms with van der Waals surface area (Å²) in [6, 6.07) is 16.3. The smallest absolute Gasteiger partial charge is 0.244 e. The Kier molecular flexibility index (Phi) is 6.67. The highest BCUT2D eigenvalue weighted by atomic mass is 32.2. The summed E-state index contributed by atoms with van der Waals surface area (Å²) in [5.74, 6) is -0.218. The maximum Gasteiger partial charge on any atom is 0.244 e. The molecule has 0 spiro atoms. The maximum atomic E-state index is 12.2. The van der Waals surface area contributed by atoms with Gasteiger partial charge in [0.05, 0.1) is 17.4 Å². The van der Waals surface area contributed by atoms with E-state index in [1.165, 1.54) is 18.2 Å². The van der Waals surface area contributed by atoms with E-state index in [0.29, 0.717) is 25.9 Å². The predicted octanol–water partition coefficient (Wildman–Crippen LogP) is 2.57. The average Bonchev–Trinajstić information content (AvgIpc) is 3.08. The lowest BCUT2D eigenvalue weighted by molar-refractivity contribution is -0.116. The minimum atomic E-state index is -3.70. The molecule has 0 radical (unpaired) electrons. The number of carbonyl (C=O) groups is 1. The molecule has 0 saturated heterocycles. The highest BCUT2D eigenvalue weighted by molar-refractivity contribution is 7.89. The highest BCUT2D eigenvalue weighted by Gasteiger charge is 2.08. The second-order valence-electron chi connectivity index (χ2n) is 6.77. The van der Waals surface area contributed by atoms with Gasteiger partial charge in [-0.1, -0.05) is 30.3 Å². The summed E-state index contributed by atoms with van der Waals surface area (Å²) in [6.07, 6.45) is 6.18. The van der Waals surface area contributed by atoms with Crippen LogP contribution in [0.2, 0.25) is 0 Å². The second-order valence-corrected chi connectivity index (χ2v) is 8.33. The normalized spacial score (nSPS) is 11.6. The Hall–Kier alpha value is -3.41. The van der Waals surface area contributed by atoms with E-state index in [0.717, 1.165) is 22.0 Å². The van der Waals surface area contributed by atoms with Crippen molar-refractivity contribution in [2.24, 2.45) is 5.14 Å². The van der Waals surface area contributed by atoms with Crippen molar-refractivity contribution in [2.45, 2.75) is 24.3 Å². The van der Waals surface area contributed by atoms with Gasteiger partial charge in [0.25, 0.3) is 0 Å². The Bertz CT molecular complexity index is 1220. The molecule has 0 aliphatic rings. The Balaban J connectivity index is 1.59. The summed E-state index contributed by atoms with van der Waals surface area (Å²) in [5, 5.41) is 17.8. The Labute approximate surface area is 175 Å². The SMILES string of the molecule is N#CCCn1cc(C=CC(=O)NCCc2ccc(S(N)(=O)=O)cc2)c2ccccc21. The number of aryl methyl sites for hydroxylation is 1. The van der Waals surface area contributed by atoms with E-state index in [4.69, 9.17) is 10.4 Å². The molecular weight excluding hydrogens is 400 g/mol. The topological polar surface area (TPSA) is 118 Å². The predicted molar refractivity (Wildman–Crippen MR) is 116 cm³/mol. The number of nitriles is 1. The molecule has 0 atom stereocenters. The molecule has 8 heteroatoms. The van der Waals surface area contributed by atoms with Crippen molar-refractivity contribution in [1.29, 1.82) is 5.26 Å². The van der Waals surface area contributed by atoms with E-state index in [1.807, 2.05) is 35.0 Å². The zero-order valence-electron chi connectivity index (χ0n) is 16.3. The number of aromatic nitrogens is 1. The third kappa shape index (κ3) is 5.35. The number of carbonyl (C=O) groups excluding carboxylic acids is 1. The number of amides is 1. The lowest BCUT2D eigenvalue weighted by Crippen LogP contribution is -2.23. The van der Waals surface area contributed by atoms with Gasteiger partial charge >= 0.3 is 0 Å². The van der Waals surface area contributed by atoms with Gasteiger partial charge in [-0.05, 0) is 36.3 Å². The number of benzene rings is 2. The molecule has 3 N–H and O–H groups in total. The number of nitrogens with one attached hydrogen (secondary N) is 1. The summed E-state index contributed by atoms with van der Waals surface area (Å²) in [6.45, 7) is 1.02. The van der Waals surface area contributed by atoms with Crippen LogP contribution in [-0.2, 0) is 27.8 Å². The molecular formula is C22H22N4O3S. The van der Waals surface area contributed by atoms with Crippen molar-refractivity contribution >= 4 is 32.9 Å². The molecule has 0 saturated carbocycles. The molecule has 3 rings (SSSR count). The summed E-state index contributed by atoms with van der Waals surface area (Å²) in [4.78, 5) is 12.2. The molecule has 0 fully saturated rings. The fourth-order valence-corrected chi connectivity index (χ4v) is 3.68. The molecule has 0 unspecified atom stereocenters. The van der Waals surface area contributed by atoms with Crippen molar-refractivity contribution in [3.8, 4) is 6.07 Å². The number of sulfonamides is 1. The van der Waals surface area contributed by atoms with Crippen LogP contribution < -0.4 is 10.5 Å². The zero-order valence-corrected chi connectivity index (χ0v) is 17.1. The van der Waals surface area contributed by atoms with Crippen LogP contribution >= 0.6 is 0 Å². The number of hydrogen-bond donors (Lipinski definition) is 2. The summed E-state index contributed by atoms with van der Waals surface area (Å²) in [7, 11) is -3.70. The van der Waals surface area contributed by atoms with Gasteiger partial charge in [0.15, 0.2) is 0 Å². The first-order valence-corrected chi connectivity index (χ1v) is 11.0. The average molecular weight is 423 g/mol. The Morgan fingerprint density at radius 1 is 1.17 bits per heavy atom. The number of primary sulfonamides is 1. The van der Waals surface area contributed by atoms with E-state index in [9.17, 15) is 13.2 Å². The van der Waals surface area contributed by atoms with Gasteiger partial charge < -0.3 is 9.88 Å². The second kappa shape index (κ2) is 9.39. The van der Waals surface area contributed by atoms with Gasteiger partial charge in [-0.15, -0.1) is 0 Å². The molecule has 2 aromatic carbocycles. The molecule has 0 bridgehead atoms. The number of nitrogens with zero attached hydrogens (tertiary/aromatic N) is 2. The van der Waals surface area contributed by atoms with E-state index in [1.54, 1.807) is 18.2 Å². The Morgan fingerprint density at radius 3 is 2.60 bits per heavy atom. The lowest BCUT2D eigenvalue weighted by Gasteiger charge is -2.04. The van der Waals surface area contributed by atoms with Crippen LogP contribution in [0.1, 0.15) is 17.5 Å². The first-order valence-electron chi connectivity index (χ1n) is 9.41. The molecule has 1 aromatic heterocycles. The molecule has 30 heavy (non-hydrogen) atoms. The molecule has 0 aliphatic carbocycles. The lowest BCUT2D eigenvalue weighted by atomic mass is 10.1. The third-order valence-corrected chi connectivity index (χ3v) is 5.59. The molecule has 154 valence electrons. The number of rotatable bonds is 8. The number of hydrogen-bond acceptors (Lipinski definition) is 4. The monoisotopic (exact) mass is 422 g/mol. The largest absolute Gasteiger partial charge is 0.352 e. The van der Waals surface area contributed by atoms with Crippen LogP contribution in [0.15, 0.2) is 65.7 Å². The van der Waals surface area contributed by atoms with Gasteiger partial charge in [0.1, 0.15) is 0 Å². The van der Waals surface area contributed by atoms with Crippen molar-refractivity contribution in [1.82, 2.24) is 9.88 Å². The van der Waals surface area contributed by atoms with Crippen LogP contribution in [0.25, 0.3) is 17.0 Å². The van der Waals surface area contributed by atoms with Crippen molar-refractivity contribution in [3.63, 3.8) is 0 Å². The summed E-state index contributed by atoms with van der Waals surface area (Å²) in [5.41, 5.74) is 2.83. The van der Waals surface area contributed by atoms with Crippen LogP contribution in [0, 0.1) is 11.3 Å². The first kappa shape index (κ1) is 21.3. The molecule has 3 aromatic rings. The van der Waals surface area contributed by atoms with Crippen LogP contribution in [0.5, 0.6) is 0 Å². The third-order valence-electron chi connectivity index (χ3n) is 4.66. The van der Waals surface area contributed by atoms with Crippen LogP contribution in [0.4, 0.5) is 0 Å². The molecule has 0 aliphatic heterocycles. The van der Waals surface area contributed by atoms with Crippen molar-refractivity contribution in [2.75, 3.05) is 6.54 Å². The molecule has 1 amide bonds. The standard InChI is InChI=1S/C22H22N4O3S/c23-13-3-15-26-16-18(20-4-1-2-5-21(20)26)8-11-22(27)25-14-12-17-6-9-19(10-7-17)30(24,28)29/h1-2,4-11,16H,3,12,14-15H2,(H,25,27)(H2,24,28,29). The van der Waals surface area contributed by atoms with Gasteiger partial charge in [0.2, 0.25) is 15.9 Å². The van der Waals surface area contributed by atoms with E-state index in [2.05, 4.69) is 11.4 Å². The first-order chi connectivity index (χ1) is 14.4. The molecule has 1 heterocycles. The minimum absolute atomic E-state index is 0.0622. The Morgan fingerprint density at radius 2 is 1.90 bits per heavy atom. The van der Waals surface area contributed by atoms with Crippen molar-refractivity contribution in [3.05, 3.63) is 71.9 Å². The van der Waals surface area contributed by atoms with E-state index in [-0.39, 0.29) is 10.8 Å². The van der Waals surface area contributed by atoms with Crippen LogP contribution in [-0.4, -0.2) is 25.4 Å². The van der Waals surface area contributed by atoms with Crippen molar-refractivity contribution < 1.29 is 13.2 Å². The summed E-state index contributed by atoms with van der Waals surface area (Å²) < 4.78 is 24.6. The quantitative estimate of drug-likeness (QED) is 0.542. The fourth-order valence-electron chi connectivity index (χ4n) is 3.16. The van der Waals surface area contributed by atoms with Gasteiger partial charge in [-0.2, -0.15) is 5.26 Å². The number of fused-ring (bicyclic) bond motifs is 1. The van der Waals surface area contributed by atoms with E-state index >= 15 is 0 Å². The number of nitrogens with two attached hydrogens (primary N) is 1. The van der Waals surface area contributed by atoms with Crippen LogP contribution in [0.3, 0.4) is 0 Å². The van der Waals surface area contributed by atoms with Gasteiger partial charge in [-0.3, -0.25) is 4.79 Å². The fraction of sp³-hybridized carbons (Fsp3) is 0.182. The molecule has 7 nitrogen and oxygen atoms in total. The zero-order chi connectivity index (χ0) is 21.6. The number of para-hydroxylation sites is 1. The maximum absolute atomic E-state index is 12.2.